The SMILES string of the molecule is CCOOP(N)(=O)O. The Balaban J connectivity index is 3.26. The molecule has 0 amide bonds. The summed E-state index contributed by atoms with van der Waals surface area (Å²) in [5.41, 5.74) is 4.49. The van der Waals surface area contributed by atoms with Gasteiger partial charge in [-0.15, -0.1) is 4.67 Å². The quantitative estimate of drug-likeness (QED) is 0.328. The molecule has 3 N–H and O–H groups in total. The van der Waals surface area contributed by atoms with Crippen LogP contribution in [0.2, 0.25) is 0 Å². The van der Waals surface area contributed by atoms with Crippen LogP contribution in [0.3, 0.4) is 0 Å². The van der Waals surface area contributed by atoms with Crippen molar-refractivity contribution in [2.75, 3.05) is 6.61 Å². The summed E-state index contributed by atoms with van der Waals surface area (Å²) in [7, 11) is -3.90. The lowest BCUT2D eigenvalue weighted by Gasteiger charge is -2.01. The molecule has 0 aromatic carbocycles. The minimum atomic E-state index is -3.90. The third-order valence-electron chi connectivity index (χ3n) is 0.277. The van der Waals surface area contributed by atoms with Gasteiger partial charge >= 0.3 is 7.75 Å². The molecular weight excluding hydrogens is 133 g/mol. The Morgan fingerprint density at radius 1 is 1.88 bits per heavy atom. The van der Waals surface area contributed by atoms with Crippen LogP contribution in [0, 0.1) is 0 Å². The highest BCUT2D eigenvalue weighted by Gasteiger charge is 2.10. The third-order valence-corrected chi connectivity index (χ3v) is 0.596. The molecule has 0 rings (SSSR count). The predicted molar refractivity (Wildman–Crippen MR) is 26.7 cm³/mol. The molecule has 1 unspecified atom stereocenters. The van der Waals surface area contributed by atoms with Crippen molar-refractivity contribution < 1.29 is 19.0 Å². The Morgan fingerprint density at radius 2 is 2.38 bits per heavy atom. The van der Waals surface area contributed by atoms with E-state index in [9.17, 15) is 4.57 Å². The molecule has 0 aliphatic heterocycles. The zero-order valence-electron chi connectivity index (χ0n) is 4.40. The fraction of sp³-hybridized carbons (Fsp3) is 1.00. The van der Waals surface area contributed by atoms with E-state index in [1.54, 1.807) is 6.92 Å². The van der Waals surface area contributed by atoms with Crippen LogP contribution in [0.5, 0.6) is 0 Å². The van der Waals surface area contributed by atoms with Gasteiger partial charge in [0.2, 0.25) is 0 Å². The molecule has 1 atom stereocenters. The Bertz CT molecular complexity index is 98.2. The van der Waals surface area contributed by atoms with Crippen molar-refractivity contribution in [2.24, 2.45) is 5.50 Å². The highest BCUT2D eigenvalue weighted by atomic mass is 31.2. The number of nitrogens with two attached hydrogens (primary N) is 1. The van der Waals surface area contributed by atoms with Gasteiger partial charge in [0.1, 0.15) is 0 Å². The van der Waals surface area contributed by atoms with Crippen molar-refractivity contribution in [3.8, 4) is 0 Å². The molecule has 0 aromatic rings. The van der Waals surface area contributed by atoms with E-state index < -0.39 is 7.75 Å². The van der Waals surface area contributed by atoms with Gasteiger partial charge in [-0.25, -0.2) is 15.0 Å². The van der Waals surface area contributed by atoms with Crippen LogP contribution in [0.1, 0.15) is 6.92 Å². The Morgan fingerprint density at radius 3 is 2.50 bits per heavy atom. The molecule has 0 heterocycles. The molecule has 6 heteroatoms. The molecule has 0 spiro atoms. The van der Waals surface area contributed by atoms with Gasteiger partial charge in [-0.3, -0.25) is 0 Å². The van der Waals surface area contributed by atoms with E-state index in [-0.39, 0.29) is 6.61 Å². The standard InChI is InChI=1S/C2H8NO4P/c1-2-6-7-8(3,4)5/h2H2,1H3,(H3,3,4,5). The topological polar surface area (TPSA) is 81.8 Å². The van der Waals surface area contributed by atoms with Gasteiger partial charge in [-0.05, 0) is 6.92 Å². The summed E-state index contributed by atoms with van der Waals surface area (Å²) in [4.78, 5) is 12.2. The fourth-order valence-corrected chi connectivity index (χ4v) is 0.385. The minimum absolute atomic E-state index is 0.196. The van der Waals surface area contributed by atoms with Crippen molar-refractivity contribution in [3.63, 3.8) is 0 Å². The largest absolute Gasteiger partial charge is 0.427 e. The first-order chi connectivity index (χ1) is 3.56. The zero-order valence-corrected chi connectivity index (χ0v) is 5.30. The Kier molecular flexibility index (Phi) is 3.19. The van der Waals surface area contributed by atoms with Crippen LogP contribution in [-0.4, -0.2) is 11.5 Å². The lowest BCUT2D eigenvalue weighted by atomic mass is 10.9. The second-order valence-corrected chi connectivity index (χ2v) is 2.32. The van der Waals surface area contributed by atoms with Gasteiger partial charge in [-0.2, -0.15) is 0 Å². The molecule has 0 fully saturated rings. The van der Waals surface area contributed by atoms with Gasteiger partial charge in [0.05, 0.1) is 6.61 Å². The molecule has 5 nitrogen and oxygen atoms in total. The van der Waals surface area contributed by atoms with Crippen molar-refractivity contribution >= 4 is 7.75 Å². The third kappa shape index (κ3) is 6.07. The molecule has 0 saturated heterocycles. The Labute approximate surface area is 46.9 Å². The van der Waals surface area contributed by atoms with E-state index in [4.69, 9.17) is 4.89 Å². The van der Waals surface area contributed by atoms with Crippen molar-refractivity contribution in [1.29, 1.82) is 0 Å². The van der Waals surface area contributed by atoms with Crippen LogP contribution >= 0.6 is 7.75 Å². The average molecular weight is 141 g/mol. The van der Waals surface area contributed by atoms with Crippen molar-refractivity contribution in [3.05, 3.63) is 0 Å². The maximum Gasteiger partial charge on any atom is 0.427 e. The normalized spacial score (nSPS) is 17.9. The van der Waals surface area contributed by atoms with Gasteiger partial charge in [0, 0.05) is 0 Å². The monoisotopic (exact) mass is 141 g/mol. The van der Waals surface area contributed by atoms with Crippen molar-refractivity contribution in [2.45, 2.75) is 6.92 Å². The summed E-state index contributed by atoms with van der Waals surface area (Å²) in [5.74, 6) is 0. The lowest BCUT2D eigenvalue weighted by Crippen LogP contribution is -1.98. The van der Waals surface area contributed by atoms with E-state index in [1.807, 2.05) is 0 Å². The van der Waals surface area contributed by atoms with E-state index in [2.05, 4.69) is 15.1 Å². The second-order valence-electron chi connectivity index (χ2n) is 1.05. The highest BCUT2D eigenvalue weighted by molar-refractivity contribution is 7.49. The summed E-state index contributed by atoms with van der Waals surface area (Å²) >= 11 is 0. The van der Waals surface area contributed by atoms with Crippen LogP contribution in [0.15, 0.2) is 0 Å². The van der Waals surface area contributed by atoms with Crippen LogP contribution in [0.4, 0.5) is 0 Å². The van der Waals surface area contributed by atoms with Crippen molar-refractivity contribution in [1.82, 2.24) is 0 Å². The first-order valence-corrected chi connectivity index (χ1v) is 3.63. The maximum atomic E-state index is 9.96. The second kappa shape index (κ2) is 3.17. The zero-order chi connectivity index (χ0) is 6.62. The van der Waals surface area contributed by atoms with E-state index >= 15 is 0 Å². The summed E-state index contributed by atoms with van der Waals surface area (Å²) in [6.07, 6.45) is 0. The molecule has 0 aliphatic carbocycles. The number of hydrogen-bond acceptors (Lipinski definition) is 3. The first-order valence-electron chi connectivity index (χ1n) is 1.99. The molecule has 0 aromatic heterocycles. The molecule has 0 bridgehead atoms. The molecule has 50 valence electrons. The molecule has 8 heavy (non-hydrogen) atoms. The smallest absolute Gasteiger partial charge is 0.311 e. The molecular formula is C2H8NO4P. The summed E-state index contributed by atoms with van der Waals surface area (Å²) in [6, 6.07) is 0. The number of rotatable bonds is 3. The van der Waals surface area contributed by atoms with Crippen LogP contribution < -0.4 is 5.50 Å². The lowest BCUT2D eigenvalue weighted by molar-refractivity contribution is -0.208. The maximum absolute atomic E-state index is 9.96. The number of hydrogen-bond donors (Lipinski definition) is 2. The molecule has 0 radical (unpaired) electrons. The van der Waals surface area contributed by atoms with Gasteiger partial charge in [0.15, 0.2) is 0 Å². The highest BCUT2D eigenvalue weighted by Crippen LogP contribution is 2.30. The first kappa shape index (κ1) is 8.07. The average Bonchev–Trinajstić information content (AvgIpc) is 1.59. The Hall–Kier alpha value is 0.0700. The fourth-order valence-electron chi connectivity index (χ4n) is 0.128. The van der Waals surface area contributed by atoms with E-state index in [1.165, 1.54) is 0 Å². The minimum Gasteiger partial charge on any atom is -0.311 e. The van der Waals surface area contributed by atoms with E-state index in [0.29, 0.717) is 0 Å². The summed E-state index contributed by atoms with van der Waals surface area (Å²) < 4.78 is 13.7. The molecule has 0 aliphatic rings. The summed E-state index contributed by atoms with van der Waals surface area (Å²) in [5, 5.41) is 0. The van der Waals surface area contributed by atoms with Gasteiger partial charge < -0.3 is 4.89 Å². The molecule has 0 saturated carbocycles. The van der Waals surface area contributed by atoms with E-state index in [0.717, 1.165) is 0 Å². The van der Waals surface area contributed by atoms with Gasteiger partial charge in [-0.1, -0.05) is 0 Å². The van der Waals surface area contributed by atoms with Gasteiger partial charge in [0.25, 0.3) is 0 Å². The summed E-state index contributed by atoms with van der Waals surface area (Å²) in [6.45, 7) is 1.80. The predicted octanol–water partition coefficient (Wildman–Crippen LogP) is 0.0136. The van der Waals surface area contributed by atoms with Crippen LogP contribution in [-0.2, 0) is 14.1 Å². The van der Waals surface area contributed by atoms with Crippen LogP contribution in [0.25, 0.3) is 0 Å².